The van der Waals surface area contributed by atoms with Gasteiger partial charge in [0.2, 0.25) is 11.5 Å². The van der Waals surface area contributed by atoms with Gasteiger partial charge in [-0.25, -0.2) is 4.57 Å². The highest BCUT2D eigenvalue weighted by Gasteiger charge is 2.17. The molecule has 1 heterocycles. The normalized spacial score (nSPS) is 10.4. The smallest absolute Gasteiger partial charge is 0.287 e. The second-order valence-electron chi connectivity index (χ2n) is 5.96. The number of hydrogen-bond donors (Lipinski definition) is 0. The first-order valence-corrected chi connectivity index (χ1v) is 8.87. The maximum atomic E-state index is 12.4. The van der Waals surface area contributed by atoms with E-state index in [2.05, 4.69) is 4.98 Å². The lowest BCUT2D eigenvalue weighted by Crippen LogP contribution is -2.37. The molecule has 0 bridgehead atoms. The zero-order valence-corrected chi connectivity index (χ0v) is 16.6. The molecule has 2 aromatic carbocycles. The van der Waals surface area contributed by atoms with Gasteiger partial charge in [0.25, 0.3) is 6.33 Å². The molecule has 0 aliphatic rings. The maximum Gasteiger partial charge on any atom is 0.287 e. The van der Waals surface area contributed by atoms with Crippen LogP contribution in [0.2, 0.25) is 5.02 Å². The summed E-state index contributed by atoms with van der Waals surface area (Å²) in [6, 6.07) is 12.3. The summed E-state index contributed by atoms with van der Waals surface area (Å²) in [5.74, 6) is 1.60. The summed E-state index contributed by atoms with van der Waals surface area (Å²) in [6.45, 7) is 0.185. The number of hydrogen-bond acceptors (Lipinski definition) is 5. The topological polar surface area (TPSA) is 61.5 Å². The predicted molar refractivity (Wildman–Crippen MR) is 105 cm³/mol. The molecular formula is C21H20ClN2O4+. The van der Waals surface area contributed by atoms with Crippen LogP contribution in [0.3, 0.4) is 0 Å². The van der Waals surface area contributed by atoms with Crippen LogP contribution in [0, 0.1) is 0 Å². The number of benzene rings is 2. The molecule has 0 saturated carbocycles. The molecule has 0 aliphatic heterocycles. The van der Waals surface area contributed by atoms with Crippen LogP contribution < -0.4 is 18.8 Å². The molecule has 28 heavy (non-hydrogen) atoms. The van der Waals surface area contributed by atoms with Crippen molar-refractivity contribution in [3.05, 3.63) is 65.6 Å². The molecule has 0 radical (unpaired) electrons. The monoisotopic (exact) mass is 399 g/mol. The first kappa shape index (κ1) is 19.6. The number of aromatic nitrogens is 2. The van der Waals surface area contributed by atoms with Crippen LogP contribution in [-0.4, -0.2) is 32.1 Å². The Kier molecular flexibility index (Phi) is 6.11. The van der Waals surface area contributed by atoms with E-state index >= 15 is 0 Å². The Morgan fingerprint density at radius 3 is 2.14 bits per heavy atom. The maximum absolute atomic E-state index is 12.4. The summed E-state index contributed by atoms with van der Waals surface area (Å²) in [6.07, 6.45) is 3.42. The van der Waals surface area contributed by atoms with Gasteiger partial charge in [0, 0.05) is 22.2 Å². The summed E-state index contributed by atoms with van der Waals surface area (Å²) in [7, 11) is 4.69. The Hall–Kier alpha value is -3.12. The first-order chi connectivity index (χ1) is 13.5. The fraction of sp³-hybridized carbons (Fsp3) is 0.190. The van der Waals surface area contributed by atoms with Gasteiger partial charge >= 0.3 is 0 Å². The fourth-order valence-electron chi connectivity index (χ4n) is 2.77. The van der Waals surface area contributed by atoms with Crippen molar-refractivity contribution < 1.29 is 23.6 Å². The van der Waals surface area contributed by atoms with Gasteiger partial charge in [-0.05, 0) is 41.4 Å². The minimum Gasteiger partial charge on any atom is -0.493 e. The number of rotatable bonds is 7. The molecule has 0 N–H and O–H groups in total. The van der Waals surface area contributed by atoms with Crippen molar-refractivity contribution in [3.8, 4) is 28.5 Å². The van der Waals surface area contributed by atoms with E-state index in [1.165, 1.54) is 0 Å². The van der Waals surface area contributed by atoms with Gasteiger partial charge in [-0.15, -0.1) is 0 Å². The molecule has 3 rings (SSSR count). The highest BCUT2D eigenvalue weighted by molar-refractivity contribution is 6.30. The van der Waals surface area contributed by atoms with Gasteiger partial charge in [0.05, 0.1) is 27.5 Å². The molecule has 0 amide bonds. The van der Waals surface area contributed by atoms with Crippen molar-refractivity contribution in [1.29, 1.82) is 0 Å². The Morgan fingerprint density at radius 2 is 1.64 bits per heavy atom. The van der Waals surface area contributed by atoms with Crippen LogP contribution in [0.5, 0.6) is 17.2 Å². The number of carbonyl (C=O) groups excluding carboxylic acids is 1. The van der Waals surface area contributed by atoms with Crippen LogP contribution in [0.1, 0.15) is 10.4 Å². The van der Waals surface area contributed by atoms with Crippen molar-refractivity contribution in [2.24, 2.45) is 0 Å². The number of carbonyl (C=O) groups is 1. The average molecular weight is 400 g/mol. The van der Waals surface area contributed by atoms with E-state index in [-0.39, 0.29) is 12.3 Å². The van der Waals surface area contributed by atoms with Crippen LogP contribution in [0.4, 0.5) is 0 Å². The number of methoxy groups -OCH3 is 3. The number of ether oxygens (including phenoxy) is 3. The lowest BCUT2D eigenvalue weighted by Gasteiger charge is -2.13. The molecule has 0 saturated heterocycles. The molecule has 144 valence electrons. The Balaban J connectivity index is 1.82. The standard InChI is InChI=1S/C21H20ClN2O4/c1-26-19-10-15(11-20(27-2)21(19)28-3)17-8-9-24(13-23-17)12-18(25)14-4-6-16(22)7-5-14/h4-11,13H,12H2,1-3H3/q+1. The van der Waals surface area contributed by atoms with Gasteiger partial charge in [-0.2, -0.15) is 0 Å². The third-order valence-corrected chi connectivity index (χ3v) is 4.47. The predicted octanol–water partition coefficient (Wildman–Crippen LogP) is 3.60. The van der Waals surface area contributed by atoms with E-state index in [4.69, 9.17) is 25.8 Å². The minimum atomic E-state index is -0.0241. The van der Waals surface area contributed by atoms with E-state index in [0.717, 1.165) is 11.3 Å². The third-order valence-electron chi connectivity index (χ3n) is 4.22. The molecule has 0 aliphatic carbocycles. The van der Waals surface area contributed by atoms with Crippen molar-refractivity contribution in [2.75, 3.05) is 21.3 Å². The van der Waals surface area contributed by atoms with Crippen LogP contribution in [0.25, 0.3) is 11.3 Å². The first-order valence-electron chi connectivity index (χ1n) is 8.50. The fourth-order valence-corrected chi connectivity index (χ4v) is 2.90. The molecule has 0 unspecified atom stereocenters. The number of nitrogens with zero attached hydrogens (tertiary/aromatic N) is 2. The van der Waals surface area contributed by atoms with Crippen molar-refractivity contribution in [3.63, 3.8) is 0 Å². The summed E-state index contributed by atoms with van der Waals surface area (Å²) in [5.41, 5.74) is 2.13. The molecule has 0 atom stereocenters. The number of ketones is 1. The van der Waals surface area contributed by atoms with Crippen molar-refractivity contribution in [1.82, 2.24) is 4.98 Å². The zero-order valence-electron chi connectivity index (χ0n) is 15.8. The van der Waals surface area contributed by atoms with Crippen LogP contribution in [0.15, 0.2) is 55.0 Å². The summed E-state index contributed by atoms with van der Waals surface area (Å²) >= 11 is 5.86. The molecule has 0 fully saturated rings. The molecule has 6 nitrogen and oxygen atoms in total. The lowest BCUT2D eigenvalue weighted by molar-refractivity contribution is -0.686. The van der Waals surface area contributed by atoms with Gasteiger partial charge in [0.15, 0.2) is 23.7 Å². The highest BCUT2D eigenvalue weighted by Crippen LogP contribution is 2.40. The number of halogens is 1. The van der Waals surface area contributed by atoms with Gasteiger partial charge in [-0.1, -0.05) is 11.6 Å². The summed E-state index contributed by atoms with van der Waals surface area (Å²) < 4.78 is 17.8. The molecule has 1 aromatic heterocycles. The average Bonchev–Trinajstić information content (AvgIpc) is 2.73. The molecular weight excluding hydrogens is 380 g/mol. The second kappa shape index (κ2) is 8.71. The van der Waals surface area contributed by atoms with Crippen molar-refractivity contribution >= 4 is 17.4 Å². The largest absolute Gasteiger partial charge is 0.493 e. The quantitative estimate of drug-likeness (QED) is 0.448. The number of Topliss-reactive ketones (excluding diaryl/α,β-unsaturated/α-hetero) is 1. The Morgan fingerprint density at radius 1 is 1.00 bits per heavy atom. The minimum absolute atomic E-state index is 0.0241. The van der Waals surface area contributed by atoms with E-state index in [0.29, 0.717) is 27.8 Å². The highest BCUT2D eigenvalue weighted by atomic mass is 35.5. The zero-order chi connectivity index (χ0) is 20.1. The Labute approximate surface area is 168 Å². The third kappa shape index (κ3) is 4.23. The molecule has 3 aromatic rings. The lowest BCUT2D eigenvalue weighted by atomic mass is 10.1. The van der Waals surface area contributed by atoms with Gasteiger partial charge in [-0.3, -0.25) is 4.79 Å². The van der Waals surface area contributed by atoms with E-state index in [1.807, 2.05) is 18.2 Å². The van der Waals surface area contributed by atoms with E-state index in [1.54, 1.807) is 62.7 Å². The summed E-state index contributed by atoms with van der Waals surface area (Å²) in [5, 5.41) is 0.598. The second-order valence-corrected chi connectivity index (χ2v) is 6.40. The van der Waals surface area contributed by atoms with Crippen LogP contribution >= 0.6 is 11.6 Å². The van der Waals surface area contributed by atoms with Gasteiger partial charge in [0.1, 0.15) is 0 Å². The van der Waals surface area contributed by atoms with E-state index < -0.39 is 0 Å². The van der Waals surface area contributed by atoms with Crippen LogP contribution in [-0.2, 0) is 6.54 Å². The SMILES string of the molecule is COc1cc(-c2cc[n+](CC(=O)c3ccc(Cl)cc3)cn2)cc(OC)c1OC. The summed E-state index contributed by atoms with van der Waals surface area (Å²) in [4.78, 5) is 16.8. The molecule has 7 heteroatoms. The van der Waals surface area contributed by atoms with Gasteiger partial charge < -0.3 is 14.2 Å². The van der Waals surface area contributed by atoms with E-state index in [9.17, 15) is 4.79 Å². The Bertz CT molecular complexity index is 948. The molecule has 0 spiro atoms. The van der Waals surface area contributed by atoms with Crippen molar-refractivity contribution in [2.45, 2.75) is 6.54 Å².